The van der Waals surface area contributed by atoms with Crippen LogP contribution in [0.5, 0.6) is 0 Å². The van der Waals surface area contributed by atoms with Crippen LogP contribution in [0.25, 0.3) is 0 Å². The molecule has 4 aliphatic rings. The smallest absolute Gasteiger partial charge is 0.137 e. The standard InChI is InChI=1S/C21H35NO/c1-13(22)19-17-7-6-14-15-5-4-10-20(15,2)11-8-16(14)21(17,3)12-9-18(19)23/h13-17,19H,4-12,22H2,1-3H3/t13?,14-,15-,16+,17?,19?,20-,21+/m0/s1. The zero-order chi connectivity index (χ0) is 16.4. The molecule has 0 saturated heterocycles. The van der Waals surface area contributed by atoms with Gasteiger partial charge in [0.1, 0.15) is 5.78 Å². The number of ketones is 1. The van der Waals surface area contributed by atoms with Gasteiger partial charge in [-0.25, -0.2) is 0 Å². The normalized spacial score (nSPS) is 54.1. The van der Waals surface area contributed by atoms with E-state index >= 15 is 0 Å². The van der Waals surface area contributed by atoms with Gasteiger partial charge >= 0.3 is 0 Å². The molecule has 2 nitrogen and oxygen atoms in total. The van der Waals surface area contributed by atoms with Gasteiger partial charge in [-0.15, -0.1) is 0 Å². The van der Waals surface area contributed by atoms with E-state index in [9.17, 15) is 4.79 Å². The maximum absolute atomic E-state index is 12.5. The fourth-order valence-electron chi connectivity index (χ4n) is 7.88. The highest BCUT2D eigenvalue weighted by molar-refractivity contribution is 5.83. The SMILES string of the molecule is CC(N)C1C(=O)CC[C@@]2(C)C1CC[C@@H]1[C@H]2CC[C@]2(C)CCC[C@@H]12. The Hall–Kier alpha value is -0.370. The zero-order valence-corrected chi connectivity index (χ0v) is 15.3. The third-order valence-electron chi connectivity index (χ3n) is 9.01. The van der Waals surface area contributed by atoms with Crippen LogP contribution < -0.4 is 5.73 Å². The summed E-state index contributed by atoms with van der Waals surface area (Å²) in [7, 11) is 0. The molecule has 2 heteroatoms. The second-order valence-electron chi connectivity index (χ2n) is 10.0. The van der Waals surface area contributed by atoms with E-state index in [1.807, 2.05) is 0 Å². The first-order valence-corrected chi connectivity index (χ1v) is 10.2. The number of carbonyl (C=O) groups is 1. The molecular weight excluding hydrogens is 282 g/mol. The van der Waals surface area contributed by atoms with E-state index in [-0.39, 0.29) is 12.0 Å². The lowest BCUT2D eigenvalue weighted by molar-refractivity contribution is -0.151. The highest BCUT2D eigenvalue weighted by Gasteiger charge is 2.60. The van der Waals surface area contributed by atoms with Crippen molar-refractivity contribution in [2.45, 2.75) is 84.6 Å². The molecule has 4 rings (SSSR count). The topological polar surface area (TPSA) is 43.1 Å². The molecule has 0 amide bonds. The van der Waals surface area contributed by atoms with Crippen LogP contribution in [0.2, 0.25) is 0 Å². The minimum atomic E-state index is 0.0315. The summed E-state index contributed by atoms with van der Waals surface area (Å²) in [6, 6.07) is 0.0315. The van der Waals surface area contributed by atoms with Gasteiger partial charge < -0.3 is 5.73 Å². The van der Waals surface area contributed by atoms with Crippen LogP contribution in [-0.2, 0) is 4.79 Å². The molecule has 3 unspecified atom stereocenters. The Morgan fingerprint density at radius 2 is 1.78 bits per heavy atom. The van der Waals surface area contributed by atoms with Crippen LogP contribution in [0.15, 0.2) is 0 Å². The molecule has 4 aliphatic carbocycles. The number of hydrogen-bond donors (Lipinski definition) is 1. The average molecular weight is 318 g/mol. The van der Waals surface area contributed by atoms with Crippen molar-refractivity contribution in [2.75, 3.05) is 0 Å². The molecule has 0 aromatic rings. The highest BCUT2D eigenvalue weighted by atomic mass is 16.1. The molecule has 2 N–H and O–H groups in total. The van der Waals surface area contributed by atoms with Gasteiger partial charge in [0.15, 0.2) is 0 Å². The molecule has 0 spiro atoms. The molecule has 0 aromatic heterocycles. The lowest BCUT2D eigenvalue weighted by Gasteiger charge is -2.61. The van der Waals surface area contributed by atoms with Gasteiger partial charge in [0.25, 0.3) is 0 Å². The molecule has 8 atom stereocenters. The van der Waals surface area contributed by atoms with E-state index in [1.165, 1.54) is 44.9 Å². The summed E-state index contributed by atoms with van der Waals surface area (Å²) >= 11 is 0. The van der Waals surface area contributed by atoms with Crippen molar-refractivity contribution in [3.63, 3.8) is 0 Å². The number of Topliss-reactive ketones (excluding diaryl/α,β-unsaturated/α-hetero) is 1. The Labute approximate surface area is 142 Å². The molecule has 0 bridgehead atoms. The first-order chi connectivity index (χ1) is 10.9. The van der Waals surface area contributed by atoms with Gasteiger partial charge in [-0.1, -0.05) is 20.3 Å². The molecule has 0 radical (unpaired) electrons. The maximum Gasteiger partial charge on any atom is 0.137 e. The van der Waals surface area contributed by atoms with E-state index in [2.05, 4.69) is 20.8 Å². The van der Waals surface area contributed by atoms with Crippen molar-refractivity contribution < 1.29 is 4.79 Å². The molecule has 4 saturated carbocycles. The summed E-state index contributed by atoms with van der Waals surface area (Å²) in [6.07, 6.45) is 11.7. The predicted octanol–water partition coefficient (Wildman–Crippen LogP) is 4.56. The van der Waals surface area contributed by atoms with Crippen molar-refractivity contribution in [3.05, 3.63) is 0 Å². The van der Waals surface area contributed by atoms with E-state index in [0.29, 0.717) is 22.5 Å². The third kappa shape index (κ3) is 2.19. The zero-order valence-electron chi connectivity index (χ0n) is 15.3. The third-order valence-corrected chi connectivity index (χ3v) is 9.01. The molecule has 0 heterocycles. The fourth-order valence-corrected chi connectivity index (χ4v) is 7.88. The molecular formula is C21H35NO. The van der Waals surface area contributed by atoms with E-state index in [0.717, 1.165) is 30.6 Å². The summed E-state index contributed by atoms with van der Waals surface area (Å²) in [5, 5.41) is 0. The largest absolute Gasteiger partial charge is 0.327 e. The van der Waals surface area contributed by atoms with Gasteiger partial charge in [0.05, 0.1) is 0 Å². The van der Waals surface area contributed by atoms with Gasteiger partial charge in [0.2, 0.25) is 0 Å². The van der Waals surface area contributed by atoms with Gasteiger partial charge in [-0.05, 0) is 86.4 Å². The lowest BCUT2D eigenvalue weighted by atomic mass is 9.43. The Bertz CT molecular complexity index is 500. The van der Waals surface area contributed by atoms with E-state index in [1.54, 1.807) is 0 Å². The Morgan fingerprint density at radius 3 is 2.52 bits per heavy atom. The second kappa shape index (κ2) is 5.31. The second-order valence-corrected chi connectivity index (χ2v) is 10.0. The van der Waals surface area contributed by atoms with Crippen LogP contribution in [0, 0.1) is 40.4 Å². The monoisotopic (exact) mass is 317 g/mol. The molecule has 23 heavy (non-hydrogen) atoms. The quantitative estimate of drug-likeness (QED) is 0.770. The van der Waals surface area contributed by atoms with Crippen LogP contribution in [0.4, 0.5) is 0 Å². The molecule has 0 aliphatic heterocycles. The summed E-state index contributed by atoms with van der Waals surface area (Å²) in [5.41, 5.74) is 7.29. The number of hydrogen-bond acceptors (Lipinski definition) is 2. The predicted molar refractivity (Wildman–Crippen MR) is 93.9 cm³/mol. The van der Waals surface area contributed by atoms with E-state index < -0.39 is 0 Å². The fraction of sp³-hybridized carbons (Fsp3) is 0.952. The average Bonchev–Trinajstić information content (AvgIpc) is 2.89. The minimum Gasteiger partial charge on any atom is -0.327 e. The first kappa shape index (κ1) is 16.1. The maximum atomic E-state index is 12.5. The Balaban J connectivity index is 1.66. The van der Waals surface area contributed by atoms with Crippen molar-refractivity contribution in [1.82, 2.24) is 0 Å². The van der Waals surface area contributed by atoms with Crippen molar-refractivity contribution >= 4 is 5.78 Å². The Kier molecular flexibility index (Phi) is 3.72. The van der Waals surface area contributed by atoms with Gasteiger partial charge in [0, 0.05) is 18.4 Å². The van der Waals surface area contributed by atoms with Crippen molar-refractivity contribution in [2.24, 2.45) is 46.2 Å². The van der Waals surface area contributed by atoms with Gasteiger partial charge in [-0.3, -0.25) is 4.79 Å². The van der Waals surface area contributed by atoms with Gasteiger partial charge in [-0.2, -0.15) is 0 Å². The summed E-state index contributed by atoms with van der Waals surface area (Å²) < 4.78 is 0. The molecule has 4 fully saturated rings. The minimum absolute atomic E-state index is 0.0315. The molecule has 0 aromatic carbocycles. The lowest BCUT2D eigenvalue weighted by Crippen LogP contribution is -2.57. The van der Waals surface area contributed by atoms with Crippen molar-refractivity contribution in [3.8, 4) is 0 Å². The van der Waals surface area contributed by atoms with Crippen LogP contribution in [0.3, 0.4) is 0 Å². The number of fused-ring (bicyclic) bond motifs is 5. The number of carbonyl (C=O) groups excluding carboxylic acids is 1. The Morgan fingerprint density at radius 1 is 1.00 bits per heavy atom. The first-order valence-electron chi connectivity index (χ1n) is 10.2. The summed E-state index contributed by atoms with van der Waals surface area (Å²) in [4.78, 5) is 12.5. The van der Waals surface area contributed by atoms with Crippen LogP contribution in [-0.4, -0.2) is 11.8 Å². The molecule has 130 valence electrons. The summed E-state index contributed by atoms with van der Waals surface area (Å²) in [5.74, 6) is 3.89. The van der Waals surface area contributed by atoms with Crippen LogP contribution in [0.1, 0.15) is 78.6 Å². The number of nitrogens with two attached hydrogens (primary N) is 1. The van der Waals surface area contributed by atoms with E-state index in [4.69, 9.17) is 5.73 Å². The van der Waals surface area contributed by atoms with Crippen LogP contribution >= 0.6 is 0 Å². The van der Waals surface area contributed by atoms with Crippen molar-refractivity contribution in [1.29, 1.82) is 0 Å². The summed E-state index contributed by atoms with van der Waals surface area (Å²) in [6.45, 7) is 7.17. The number of rotatable bonds is 1. The highest BCUT2D eigenvalue weighted by Crippen LogP contribution is 2.66.